The van der Waals surface area contributed by atoms with Gasteiger partial charge in [-0.1, -0.05) is 47.6 Å². The molecule has 0 heterocycles. The third kappa shape index (κ3) is 4.68. The average molecular weight is 341 g/mol. The van der Waals surface area contributed by atoms with E-state index in [0.29, 0.717) is 12.3 Å². The van der Waals surface area contributed by atoms with Crippen molar-refractivity contribution in [2.75, 3.05) is 12.4 Å². The molecule has 2 aromatic carbocycles. The molecule has 0 atom stereocenters. The predicted molar refractivity (Wildman–Crippen MR) is 106 cm³/mol. The highest BCUT2D eigenvalue weighted by molar-refractivity contribution is 5.52. The second-order valence-electron chi connectivity index (χ2n) is 8.61. The van der Waals surface area contributed by atoms with Crippen LogP contribution in [0.25, 0.3) is 0 Å². The number of nitrogens with one attached hydrogen (secondary N) is 1. The minimum atomic E-state index is -0.111. The summed E-state index contributed by atoms with van der Waals surface area (Å²) < 4.78 is 5.19. The van der Waals surface area contributed by atoms with Crippen molar-refractivity contribution in [1.29, 1.82) is 0 Å². The number of phenolic OH excluding ortho intramolecular Hbond substituents is 1. The molecule has 0 saturated carbocycles. The van der Waals surface area contributed by atoms with Gasteiger partial charge < -0.3 is 15.2 Å². The lowest BCUT2D eigenvalue weighted by Gasteiger charge is -2.27. The first kappa shape index (κ1) is 19.2. The SMILES string of the molecule is COc1ccc(NCc2cc(C(C)(C)C)cc(C(C)(C)C)c2O)cc1. The number of ether oxygens (including phenoxy) is 1. The number of methoxy groups -OCH3 is 1. The van der Waals surface area contributed by atoms with E-state index in [0.717, 1.165) is 22.6 Å². The average Bonchev–Trinajstić information content (AvgIpc) is 2.52. The van der Waals surface area contributed by atoms with E-state index >= 15 is 0 Å². The summed E-state index contributed by atoms with van der Waals surface area (Å²) in [7, 11) is 1.66. The Bertz CT molecular complexity index is 719. The van der Waals surface area contributed by atoms with Gasteiger partial charge in [-0.3, -0.25) is 0 Å². The molecule has 0 fully saturated rings. The fourth-order valence-electron chi connectivity index (χ4n) is 2.74. The lowest BCUT2D eigenvalue weighted by molar-refractivity contribution is 0.415. The van der Waals surface area contributed by atoms with Crippen LogP contribution in [0.2, 0.25) is 0 Å². The summed E-state index contributed by atoms with van der Waals surface area (Å²) in [4.78, 5) is 0. The largest absolute Gasteiger partial charge is 0.507 e. The molecule has 0 aliphatic rings. The van der Waals surface area contributed by atoms with Crippen molar-refractivity contribution in [3.8, 4) is 11.5 Å². The maximum atomic E-state index is 10.8. The zero-order chi connectivity index (χ0) is 18.8. The molecule has 0 amide bonds. The van der Waals surface area contributed by atoms with E-state index < -0.39 is 0 Å². The van der Waals surface area contributed by atoms with Crippen molar-refractivity contribution in [1.82, 2.24) is 0 Å². The number of aromatic hydroxyl groups is 1. The second kappa shape index (κ2) is 6.99. The van der Waals surface area contributed by atoms with Crippen LogP contribution in [0.4, 0.5) is 5.69 Å². The fraction of sp³-hybridized carbons (Fsp3) is 0.455. The van der Waals surface area contributed by atoms with Crippen LogP contribution in [0.5, 0.6) is 11.5 Å². The second-order valence-corrected chi connectivity index (χ2v) is 8.61. The Balaban J connectivity index is 2.35. The molecule has 2 N–H and O–H groups in total. The third-order valence-electron chi connectivity index (χ3n) is 4.44. The van der Waals surface area contributed by atoms with Gasteiger partial charge in [-0.15, -0.1) is 0 Å². The van der Waals surface area contributed by atoms with Gasteiger partial charge >= 0.3 is 0 Å². The van der Waals surface area contributed by atoms with Crippen molar-refractivity contribution < 1.29 is 9.84 Å². The Morgan fingerprint density at radius 2 is 1.52 bits per heavy atom. The maximum Gasteiger partial charge on any atom is 0.124 e. The molecule has 0 spiro atoms. The number of phenols is 1. The molecule has 0 aliphatic heterocycles. The number of anilines is 1. The highest BCUT2D eigenvalue weighted by Gasteiger charge is 2.24. The highest BCUT2D eigenvalue weighted by atomic mass is 16.5. The molecule has 3 heteroatoms. The Kier molecular flexibility index (Phi) is 5.36. The Hall–Kier alpha value is -2.16. The van der Waals surface area contributed by atoms with Gasteiger partial charge in [0.2, 0.25) is 0 Å². The number of benzene rings is 2. The van der Waals surface area contributed by atoms with E-state index in [1.807, 2.05) is 24.3 Å². The van der Waals surface area contributed by atoms with Crippen LogP contribution in [-0.2, 0) is 17.4 Å². The van der Waals surface area contributed by atoms with E-state index in [-0.39, 0.29) is 10.8 Å². The summed E-state index contributed by atoms with van der Waals surface area (Å²) in [5.74, 6) is 1.22. The van der Waals surface area contributed by atoms with Gasteiger partial charge in [-0.2, -0.15) is 0 Å². The highest BCUT2D eigenvalue weighted by Crippen LogP contribution is 2.37. The quantitative estimate of drug-likeness (QED) is 0.759. The minimum absolute atomic E-state index is 0.0303. The summed E-state index contributed by atoms with van der Waals surface area (Å²) in [5, 5.41) is 14.2. The van der Waals surface area contributed by atoms with E-state index in [1.165, 1.54) is 5.56 Å². The standard InChI is InChI=1S/C22H31NO2/c1-21(2,3)16-12-15(20(24)19(13-16)22(4,5)6)14-23-17-8-10-18(25-7)11-9-17/h8-13,23-24H,14H2,1-7H3. The van der Waals surface area contributed by atoms with Crippen molar-refractivity contribution in [2.45, 2.75) is 58.9 Å². The number of hydrogen-bond acceptors (Lipinski definition) is 3. The van der Waals surface area contributed by atoms with Crippen molar-refractivity contribution in [3.63, 3.8) is 0 Å². The number of rotatable bonds is 4. The van der Waals surface area contributed by atoms with Crippen molar-refractivity contribution >= 4 is 5.69 Å². The molecule has 2 rings (SSSR count). The first-order valence-corrected chi connectivity index (χ1v) is 8.77. The van der Waals surface area contributed by atoms with E-state index in [4.69, 9.17) is 4.74 Å². The van der Waals surface area contributed by atoms with Crippen LogP contribution in [0.1, 0.15) is 58.2 Å². The van der Waals surface area contributed by atoms with Gasteiger partial charge in [0.05, 0.1) is 7.11 Å². The Morgan fingerprint density at radius 3 is 2.00 bits per heavy atom. The molecule has 3 nitrogen and oxygen atoms in total. The summed E-state index contributed by atoms with van der Waals surface area (Å²) in [6.45, 7) is 13.6. The summed E-state index contributed by atoms with van der Waals surface area (Å²) in [6.07, 6.45) is 0. The summed E-state index contributed by atoms with van der Waals surface area (Å²) >= 11 is 0. The monoisotopic (exact) mass is 341 g/mol. The Labute approximate surface area is 152 Å². The van der Waals surface area contributed by atoms with E-state index in [9.17, 15) is 5.11 Å². The molecule has 25 heavy (non-hydrogen) atoms. The molecule has 0 saturated heterocycles. The van der Waals surface area contributed by atoms with Gasteiger partial charge in [-0.25, -0.2) is 0 Å². The van der Waals surface area contributed by atoms with E-state index in [1.54, 1.807) is 7.11 Å². The van der Waals surface area contributed by atoms with Gasteiger partial charge in [0, 0.05) is 17.8 Å². The lowest BCUT2D eigenvalue weighted by Crippen LogP contribution is -2.18. The first-order chi connectivity index (χ1) is 11.5. The molecule has 0 aromatic heterocycles. The van der Waals surface area contributed by atoms with Crippen LogP contribution in [0.3, 0.4) is 0 Å². The summed E-state index contributed by atoms with van der Waals surface area (Å²) in [6, 6.07) is 12.1. The molecule has 0 aliphatic carbocycles. The summed E-state index contributed by atoms with van der Waals surface area (Å²) in [5.41, 5.74) is 4.07. The zero-order valence-corrected chi connectivity index (χ0v) is 16.5. The molecular weight excluding hydrogens is 310 g/mol. The van der Waals surface area contributed by atoms with Gasteiger partial charge in [0.1, 0.15) is 11.5 Å². The van der Waals surface area contributed by atoms with Gasteiger partial charge in [0.15, 0.2) is 0 Å². The molecular formula is C22H31NO2. The maximum absolute atomic E-state index is 10.8. The van der Waals surface area contributed by atoms with E-state index in [2.05, 4.69) is 59.0 Å². The van der Waals surface area contributed by atoms with Crippen LogP contribution in [0.15, 0.2) is 36.4 Å². The zero-order valence-electron chi connectivity index (χ0n) is 16.5. The van der Waals surface area contributed by atoms with Gasteiger partial charge in [0.25, 0.3) is 0 Å². The third-order valence-corrected chi connectivity index (χ3v) is 4.44. The van der Waals surface area contributed by atoms with Crippen molar-refractivity contribution in [3.05, 3.63) is 53.1 Å². The Morgan fingerprint density at radius 1 is 0.920 bits per heavy atom. The van der Waals surface area contributed by atoms with Crippen LogP contribution >= 0.6 is 0 Å². The van der Waals surface area contributed by atoms with Crippen molar-refractivity contribution in [2.24, 2.45) is 0 Å². The molecule has 136 valence electrons. The molecule has 0 bridgehead atoms. The topological polar surface area (TPSA) is 41.5 Å². The van der Waals surface area contributed by atoms with Crippen LogP contribution in [0, 0.1) is 0 Å². The first-order valence-electron chi connectivity index (χ1n) is 8.77. The number of hydrogen-bond donors (Lipinski definition) is 2. The lowest BCUT2D eigenvalue weighted by atomic mass is 9.79. The van der Waals surface area contributed by atoms with Crippen LogP contribution in [-0.4, -0.2) is 12.2 Å². The predicted octanol–water partition coefficient (Wildman–Crippen LogP) is 5.61. The van der Waals surface area contributed by atoms with Gasteiger partial charge in [-0.05, 0) is 52.3 Å². The normalized spacial score (nSPS) is 12.1. The minimum Gasteiger partial charge on any atom is -0.507 e. The molecule has 0 unspecified atom stereocenters. The fourth-order valence-corrected chi connectivity index (χ4v) is 2.74. The molecule has 2 aromatic rings. The molecule has 0 radical (unpaired) electrons. The van der Waals surface area contributed by atoms with Crippen LogP contribution < -0.4 is 10.1 Å². The smallest absolute Gasteiger partial charge is 0.124 e.